The molecule has 1 heterocycles. The molecule has 120 valence electrons. The Morgan fingerprint density at radius 2 is 2.00 bits per heavy atom. The maximum Gasteiger partial charge on any atom is 0.252 e. The van der Waals surface area contributed by atoms with E-state index in [1.807, 2.05) is 30.3 Å². The Morgan fingerprint density at radius 3 is 2.59 bits per heavy atom. The molecule has 1 aliphatic heterocycles. The molecule has 6 heteroatoms. The Balaban J connectivity index is 2.02. The monoisotopic (exact) mass is 306 g/mol. The molecule has 0 bridgehead atoms. The molecule has 0 radical (unpaired) electrons. The Hall–Kier alpha value is -1.92. The summed E-state index contributed by atoms with van der Waals surface area (Å²) in [7, 11) is 0. The van der Waals surface area contributed by atoms with Crippen molar-refractivity contribution in [3.05, 3.63) is 35.9 Å². The lowest BCUT2D eigenvalue weighted by Gasteiger charge is -2.35. The van der Waals surface area contributed by atoms with Crippen LogP contribution in [-0.2, 0) is 16.0 Å². The molecule has 1 unspecified atom stereocenters. The molecule has 1 aliphatic rings. The van der Waals surface area contributed by atoms with Crippen molar-refractivity contribution in [2.75, 3.05) is 13.2 Å². The predicted octanol–water partition coefficient (Wildman–Crippen LogP) is -0.181. The lowest BCUT2D eigenvalue weighted by atomic mass is 9.95. The summed E-state index contributed by atoms with van der Waals surface area (Å²) < 4.78 is 0. The van der Waals surface area contributed by atoms with Crippen LogP contribution in [0.15, 0.2) is 30.3 Å². The van der Waals surface area contributed by atoms with Crippen LogP contribution in [0, 0.1) is 0 Å². The van der Waals surface area contributed by atoms with E-state index >= 15 is 0 Å². The normalized spacial score (nSPS) is 22.5. The van der Waals surface area contributed by atoms with Gasteiger partial charge in [-0.15, -0.1) is 0 Å². The summed E-state index contributed by atoms with van der Waals surface area (Å²) in [6, 6.07) is 9.54. The molecule has 22 heavy (non-hydrogen) atoms. The highest BCUT2D eigenvalue weighted by atomic mass is 16.3. The molecule has 0 spiro atoms. The van der Waals surface area contributed by atoms with E-state index in [4.69, 9.17) is 5.73 Å². The third-order valence-electron chi connectivity index (χ3n) is 4.31. The third kappa shape index (κ3) is 3.13. The molecule has 2 atom stereocenters. The molecule has 0 saturated carbocycles. The molecule has 0 aromatic heterocycles. The zero-order valence-electron chi connectivity index (χ0n) is 12.4. The Bertz CT molecular complexity index is 534. The fraction of sp³-hybridized carbons (Fsp3) is 0.500. The smallest absolute Gasteiger partial charge is 0.252 e. The zero-order valence-corrected chi connectivity index (χ0v) is 12.4. The minimum absolute atomic E-state index is 0.264. The van der Waals surface area contributed by atoms with Gasteiger partial charge in [-0.3, -0.25) is 9.59 Å². The number of primary amides is 1. The van der Waals surface area contributed by atoms with Crippen LogP contribution in [0.5, 0.6) is 0 Å². The van der Waals surface area contributed by atoms with E-state index in [1.54, 1.807) is 0 Å². The first-order chi connectivity index (χ1) is 10.5. The molecule has 2 amide bonds. The topological polar surface area (TPSA) is 104 Å². The number of amides is 2. The lowest BCUT2D eigenvalue weighted by Crippen LogP contribution is -2.60. The van der Waals surface area contributed by atoms with Gasteiger partial charge in [0, 0.05) is 6.54 Å². The first-order valence-corrected chi connectivity index (χ1v) is 7.45. The average molecular weight is 306 g/mol. The number of hydrogen-bond acceptors (Lipinski definition) is 4. The summed E-state index contributed by atoms with van der Waals surface area (Å²) in [5.41, 5.74) is 5.02. The molecule has 2 rings (SSSR count). The second-order valence-electron chi connectivity index (χ2n) is 5.69. The van der Waals surface area contributed by atoms with Gasteiger partial charge in [-0.1, -0.05) is 30.3 Å². The van der Waals surface area contributed by atoms with Gasteiger partial charge >= 0.3 is 0 Å². The van der Waals surface area contributed by atoms with Gasteiger partial charge in [0.25, 0.3) is 5.91 Å². The summed E-state index contributed by atoms with van der Waals surface area (Å²) in [4.78, 5) is 25.3. The second-order valence-corrected chi connectivity index (χ2v) is 5.69. The van der Waals surface area contributed by atoms with Crippen molar-refractivity contribution in [3.63, 3.8) is 0 Å². The first-order valence-electron chi connectivity index (χ1n) is 7.45. The van der Waals surface area contributed by atoms with E-state index in [2.05, 4.69) is 0 Å². The van der Waals surface area contributed by atoms with Gasteiger partial charge in [0.2, 0.25) is 5.91 Å². The Kier molecular flexibility index (Phi) is 5.15. The van der Waals surface area contributed by atoms with E-state index in [1.165, 1.54) is 4.90 Å². The molecular weight excluding hydrogens is 284 g/mol. The van der Waals surface area contributed by atoms with Crippen molar-refractivity contribution >= 4 is 11.8 Å². The highest BCUT2D eigenvalue weighted by Crippen LogP contribution is 2.30. The van der Waals surface area contributed by atoms with Gasteiger partial charge in [0.05, 0.1) is 6.61 Å². The molecule has 1 fully saturated rings. The number of likely N-dealkylation sites (tertiary alicyclic amines) is 1. The summed E-state index contributed by atoms with van der Waals surface area (Å²) in [5.74, 6) is -1.27. The van der Waals surface area contributed by atoms with Crippen LogP contribution < -0.4 is 5.73 Å². The summed E-state index contributed by atoms with van der Waals surface area (Å²) >= 11 is 0. The van der Waals surface area contributed by atoms with E-state index < -0.39 is 30.1 Å². The van der Waals surface area contributed by atoms with E-state index in [-0.39, 0.29) is 6.42 Å². The molecule has 1 aromatic rings. The van der Waals surface area contributed by atoms with Gasteiger partial charge in [-0.25, -0.2) is 0 Å². The van der Waals surface area contributed by atoms with Gasteiger partial charge in [-0.05, 0) is 31.2 Å². The van der Waals surface area contributed by atoms with E-state index in [0.29, 0.717) is 25.8 Å². The number of aryl methyl sites for hydroxylation is 1. The summed E-state index contributed by atoms with van der Waals surface area (Å²) in [6.07, 6.45) is 0.532. The highest BCUT2D eigenvalue weighted by molar-refractivity contribution is 5.92. The van der Waals surface area contributed by atoms with E-state index in [9.17, 15) is 19.8 Å². The van der Waals surface area contributed by atoms with Crippen LogP contribution in [0.4, 0.5) is 0 Å². The molecule has 6 nitrogen and oxygen atoms in total. The van der Waals surface area contributed by atoms with Gasteiger partial charge < -0.3 is 20.8 Å². The van der Waals surface area contributed by atoms with Crippen molar-refractivity contribution in [1.82, 2.24) is 4.90 Å². The number of carbonyl (C=O) groups is 2. The minimum Gasteiger partial charge on any atom is -0.393 e. The van der Waals surface area contributed by atoms with Crippen molar-refractivity contribution < 1.29 is 19.8 Å². The summed E-state index contributed by atoms with van der Waals surface area (Å²) in [6.45, 7) is -0.190. The number of benzene rings is 1. The van der Waals surface area contributed by atoms with Crippen LogP contribution in [0.25, 0.3) is 0 Å². The fourth-order valence-corrected chi connectivity index (χ4v) is 2.95. The molecular formula is C16H22N2O4. The van der Waals surface area contributed by atoms with Crippen molar-refractivity contribution in [3.8, 4) is 0 Å². The molecule has 0 aliphatic carbocycles. The summed E-state index contributed by atoms with van der Waals surface area (Å²) in [5, 5.41) is 19.6. The SMILES string of the molecule is NC(=O)C1(CO)CCCN1C(=O)[C@H](O)CCc1ccccc1. The van der Waals surface area contributed by atoms with Crippen LogP contribution in [-0.4, -0.2) is 51.7 Å². The zero-order chi connectivity index (χ0) is 16.2. The average Bonchev–Trinajstić information content (AvgIpc) is 2.98. The maximum absolute atomic E-state index is 12.4. The second kappa shape index (κ2) is 6.89. The molecule has 1 saturated heterocycles. The maximum atomic E-state index is 12.4. The molecule has 4 N–H and O–H groups in total. The number of aliphatic hydroxyl groups is 2. The van der Waals surface area contributed by atoms with Gasteiger partial charge in [0.15, 0.2) is 0 Å². The Labute approximate surface area is 129 Å². The van der Waals surface area contributed by atoms with Crippen LogP contribution in [0.3, 0.4) is 0 Å². The van der Waals surface area contributed by atoms with Crippen LogP contribution in [0.2, 0.25) is 0 Å². The fourth-order valence-electron chi connectivity index (χ4n) is 2.95. The highest BCUT2D eigenvalue weighted by Gasteiger charge is 2.49. The lowest BCUT2D eigenvalue weighted by molar-refractivity contribution is -0.152. The van der Waals surface area contributed by atoms with Gasteiger partial charge in [0.1, 0.15) is 11.6 Å². The number of aliphatic hydroxyl groups excluding tert-OH is 2. The Morgan fingerprint density at radius 1 is 1.32 bits per heavy atom. The first kappa shape index (κ1) is 16.5. The largest absolute Gasteiger partial charge is 0.393 e. The number of hydrogen-bond donors (Lipinski definition) is 3. The standard InChI is InChI=1S/C16H22N2O4/c17-15(22)16(11-19)9-4-10-18(16)14(21)13(20)8-7-12-5-2-1-3-6-12/h1-3,5-6,13,19-20H,4,7-11H2,(H2,17,22)/t13-,16?/m1/s1. The number of rotatable bonds is 6. The van der Waals surface area contributed by atoms with Crippen LogP contribution >= 0.6 is 0 Å². The quantitative estimate of drug-likeness (QED) is 0.678. The van der Waals surface area contributed by atoms with Crippen LogP contribution in [0.1, 0.15) is 24.8 Å². The molecule has 1 aromatic carbocycles. The van der Waals surface area contributed by atoms with Crippen molar-refractivity contribution in [2.24, 2.45) is 5.73 Å². The number of nitrogens with zero attached hydrogens (tertiary/aromatic N) is 1. The minimum atomic E-state index is -1.37. The number of nitrogens with two attached hydrogens (primary N) is 1. The third-order valence-corrected chi connectivity index (χ3v) is 4.31. The van der Waals surface area contributed by atoms with Crippen molar-refractivity contribution in [1.29, 1.82) is 0 Å². The van der Waals surface area contributed by atoms with Gasteiger partial charge in [-0.2, -0.15) is 0 Å². The number of carbonyl (C=O) groups excluding carboxylic acids is 2. The van der Waals surface area contributed by atoms with Crippen molar-refractivity contribution in [2.45, 2.75) is 37.3 Å². The predicted molar refractivity (Wildman–Crippen MR) is 80.7 cm³/mol. The van der Waals surface area contributed by atoms with E-state index in [0.717, 1.165) is 5.56 Å².